The van der Waals surface area contributed by atoms with E-state index in [-0.39, 0.29) is 17.3 Å². The van der Waals surface area contributed by atoms with Gasteiger partial charge in [-0.2, -0.15) is 0 Å². The molecule has 1 atom stereocenters. The highest BCUT2D eigenvalue weighted by Gasteiger charge is 2.33. The molecule has 1 unspecified atom stereocenters. The Hall–Kier alpha value is -1.52. The zero-order valence-electron chi connectivity index (χ0n) is 9.49. The van der Waals surface area contributed by atoms with Gasteiger partial charge in [-0.3, -0.25) is 14.3 Å². The van der Waals surface area contributed by atoms with Gasteiger partial charge in [0.15, 0.2) is 0 Å². The predicted molar refractivity (Wildman–Crippen MR) is 59.7 cm³/mol. The molecule has 1 saturated carbocycles. The van der Waals surface area contributed by atoms with E-state index in [2.05, 4.69) is 18.8 Å². The average Bonchev–Trinajstić information content (AvgIpc) is 2.44. The maximum absolute atomic E-state index is 11.6. The van der Waals surface area contributed by atoms with Crippen molar-refractivity contribution in [2.75, 3.05) is 0 Å². The van der Waals surface area contributed by atoms with Crippen LogP contribution in [-0.2, 0) is 0 Å². The van der Waals surface area contributed by atoms with Gasteiger partial charge in [-0.15, -0.1) is 0 Å². The molecule has 0 saturated heterocycles. The normalized spacial score (nSPS) is 23.5. The molecule has 0 aromatic carbocycles. The Balaban J connectivity index is 2.43. The fourth-order valence-electron chi connectivity index (χ4n) is 2.47. The molecule has 1 aliphatic rings. The highest BCUT2D eigenvalue weighted by atomic mass is 16.3. The summed E-state index contributed by atoms with van der Waals surface area (Å²) >= 11 is 0. The van der Waals surface area contributed by atoms with Crippen LogP contribution in [0.15, 0.2) is 15.7 Å². The Morgan fingerprint density at radius 2 is 2.19 bits per heavy atom. The summed E-state index contributed by atoms with van der Waals surface area (Å²) in [5.41, 5.74) is -0.893. The number of H-pyrrole nitrogens is 1. The molecular weight excluding hydrogens is 208 g/mol. The molecule has 1 aromatic heterocycles. The van der Waals surface area contributed by atoms with Crippen molar-refractivity contribution in [1.82, 2.24) is 9.55 Å². The lowest BCUT2D eigenvalue weighted by Crippen LogP contribution is -2.31. The summed E-state index contributed by atoms with van der Waals surface area (Å²) in [5.74, 6) is -0.239. The van der Waals surface area contributed by atoms with Crippen molar-refractivity contribution >= 4 is 0 Å². The number of nitrogens with one attached hydrogen (secondary N) is 1. The number of rotatable bonds is 1. The van der Waals surface area contributed by atoms with E-state index in [1.165, 1.54) is 4.57 Å². The molecule has 1 fully saturated rings. The van der Waals surface area contributed by atoms with Crippen molar-refractivity contribution < 1.29 is 5.11 Å². The zero-order valence-corrected chi connectivity index (χ0v) is 9.49. The smallest absolute Gasteiger partial charge is 0.331 e. The molecule has 88 valence electrons. The van der Waals surface area contributed by atoms with Crippen molar-refractivity contribution in [2.24, 2.45) is 5.41 Å². The number of aromatic hydroxyl groups is 1. The predicted octanol–water partition coefficient (Wildman–Crippen LogP) is 0.993. The minimum atomic E-state index is -0.559. The first kappa shape index (κ1) is 11.0. The number of hydrogen-bond acceptors (Lipinski definition) is 3. The fraction of sp³-hybridized carbons (Fsp3) is 0.636. The first-order valence-corrected chi connectivity index (χ1v) is 5.44. The summed E-state index contributed by atoms with van der Waals surface area (Å²) in [6.45, 7) is 4.28. The lowest BCUT2D eigenvalue weighted by molar-refractivity contribution is 0.327. The van der Waals surface area contributed by atoms with Crippen LogP contribution in [0.3, 0.4) is 0 Å². The lowest BCUT2D eigenvalue weighted by atomic mass is 9.92. The van der Waals surface area contributed by atoms with E-state index < -0.39 is 11.2 Å². The summed E-state index contributed by atoms with van der Waals surface area (Å²) in [6.07, 6.45) is 2.71. The minimum Gasteiger partial charge on any atom is -0.494 e. The third kappa shape index (κ3) is 1.89. The Bertz CT molecular complexity index is 513. The molecule has 0 radical (unpaired) electrons. The second kappa shape index (κ2) is 3.50. The molecule has 1 aromatic rings. The molecule has 2 N–H and O–H groups in total. The van der Waals surface area contributed by atoms with E-state index >= 15 is 0 Å². The van der Waals surface area contributed by atoms with Gasteiger partial charge < -0.3 is 5.11 Å². The van der Waals surface area contributed by atoms with E-state index in [0.29, 0.717) is 0 Å². The molecule has 1 aliphatic carbocycles. The Morgan fingerprint density at radius 1 is 1.50 bits per heavy atom. The zero-order chi connectivity index (χ0) is 11.9. The van der Waals surface area contributed by atoms with Gasteiger partial charge in [-0.05, 0) is 24.7 Å². The van der Waals surface area contributed by atoms with Gasteiger partial charge >= 0.3 is 5.69 Å². The van der Waals surface area contributed by atoms with Gasteiger partial charge in [-0.1, -0.05) is 13.8 Å². The van der Waals surface area contributed by atoms with Gasteiger partial charge in [0.2, 0.25) is 5.88 Å². The minimum absolute atomic E-state index is 0.0145. The van der Waals surface area contributed by atoms with Crippen LogP contribution in [0.5, 0.6) is 5.88 Å². The van der Waals surface area contributed by atoms with E-state index in [9.17, 15) is 14.7 Å². The highest BCUT2D eigenvalue weighted by Crippen LogP contribution is 2.43. The van der Waals surface area contributed by atoms with E-state index in [4.69, 9.17) is 0 Å². The van der Waals surface area contributed by atoms with E-state index in [1.54, 1.807) is 0 Å². The van der Waals surface area contributed by atoms with Crippen molar-refractivity contribution in [1.29, 1.82) is 0 Å². The van der Waals surface area contributed by atoms with Gasteiger partial charge in [0.1, 0.15) is 0 Å². The summed E-state index contributed by atoms with van der Waals surface area (Å²) in [7, 11) is 0. The molecule has 1 heterocycles. The number of aromatic amines is 1. The second-order valence-corrected chi connectivity index (χ2v) is 5.23. The van der Waals surface area contributed by atoms with Crippen LogP contribution in [0.2, 0.25) is 0 Å². The van der Waals surface area contributed by atoms with Crippen LogP contribution in [0, 0.1) is 5.41 Å². The molecule has 0 spiro atoms. The molecular formula is C11H16N2O3. The quantitative estimate of drug-likeness (QED) is 0.747. The van der Waals surface area contributed by atoms with Crippen molar-refractivity contribution in [3.05, 3.63) is 26.9 Å². The first-order chi connectivity index (χ1) is 7.39. The van der Waals surface area contributed by atoms with Crippen molar-refractivity contribution in [2.45, 2.75) is 39.2 Å². The summed E-state index contributed by atoms with van der Waals surface area (Å²) in [4.78, 5) is 24.8. The van der Waals surface area contributed by atoms with Crippen LogP contribution in [-0.4, -0.2) is 14.7 Å². The lowest BCUT2D eigenvalue weighted by Gasteiger charge is -2.18. The summed E-state index contributed by atoms with van der Waals surface area (Å²) in [5, 5.41) is 9.65. The van der Waals surface area contributed by atoms with E-state index in [0.717, 1.165) is 25.3 Å². The van der Waals surface area contributed by atoms with E-state index in [1.807, 2.05) is 0 Å². The maximum Gasteiger partial charge on any atom is 0.331 e. The van der Waals surface area contributed by atoms with Crippen LogP contribution in [0.4, 0.5) is 0 Å². The van der Waals surface area contributed by atoms with Gasteiger partial charge in [0, 0.05) is 6.04 Å². The Morgan fingerprint density at radius 3 is 2.69 bits per heavy atom. The van der Waals surface area contributed by atoms with Crippen molar-refractivity contribution in [3.63, 3.8) is 0 Å². The summed E-state index contributed by atoms with van der Waals surface area (Å²) in [6, 6.07) is 1.03. The molecule has 5 heteroatoms. The number of nitrogens with zero attached hydrogens (tertiary/aromatic N) is 1. The maximum atomic E-state index is 11.6. The largest absolute Gasteiger partial charge is 0.494 e. The fourth-order valence-corrected chi connectivity index (χ4v) is 2.47. The van der Waals surface area contributed by atoms with Crippen LogP contribution >= 0.6 is 0 Å². The number of hydrogen-bond donors (Lipinski definition) is 2. The van der Waals surface area contributed by atoms with Crippen LogP contribution in [0.25, 0.3) is 0 Å². The third-order valence-electron chi connectivity index (χ3n) is 3.26. The second-order valence-electron chi connectivity index (χ2n) is 5.23. The van der Waals surface area contributed by atoms with Crippen LogP contribution < -0.4 is 11.2 Å². The summed E-state index contributed by atoms with van der Waals surface area (Å²) < 4.78 is 1.29. The van der Waals surface area contributed by atoms with Gasteiger partial charge in [0.25, 0.3) is 5.56 Å². The molecule has 0 aliphatic heterocycles. The van der Waals surface area contributed by atoms with Crippen molar-refractivity contribution in [3.8, 4) is 5.88 Å². The topological polar surface area (TPSA) is 75.1 Å². The molecule has 0 amide bonds. The van der Waals surface area contributed by atoms with Crippen LogP contribution in [0.1, 0.15) is 39.2 Å². The molecule has 0 bridgehead atoms. The van der Waals surface area contributed by atoms with Gasteiger partial charge in [-0.25, -0.2) is 4.79 Å². The molecule has 5 nitrogen and oxygen atoms in total. The SMILES string of the molecule is CC1(C)CCC(n2c(O)cc(=O)[nH]c2=O)C1. The molecule has 16 heavy (non-hydrogen) atoms. The number of aromatic nitrogens is 2. The Kier molecular flexibility index (Phi) is 2.40. The monoisotopic (exact) mass is 224 g/mol. The van der Waals surface area contributed by atoms with Gasteiger partial charge in [0.05, 0.1) is 6.07 Å². The molecule has 2 rings (SSSR count). The first-order valence-electron chi connectivity index (χ1n) is 5.44. The standard InChI is InChI=1S/C11H16N2O3/c1-11(2)4-3-7(6-11)13-9(15)5-8(14)12-10(13)16/h5,7,15H,3-4,6H2,1-2H3,(H,12,14,16). The average molecular weight is 224 g/mol. The highest BCUT2D eigenvalue weighted by molar-refractivity contribution is 5.08. The third-order valence-corrected chi connectivity index (χ3v) is 3.26. The Labute approximate surface area is 92.7 Å².